The number of nitrogens with zero attached hydrogens (tertiary/aromatic N) is 2. The highest BCUT2D eigenvalue weighted by molar-refractivity contribution is 6.04. The number of halogens is 2. The lowest BCUT2D eigenvalue weighted by Gasteiger charge is -2.36. The van der Waals surface area contributed by atoms with E-state index in [1.54, 1.807) is 12.1 Å². The maximum absolute atomic E-state index is 16.7. The minimum Gasteiger partial charge on any atom is -0.207 e. The highest BCUT2D eigenvalue weighted by atomic mass is 19.1. The average Bonchev–Trinajstić information content (AvgIpc) is 3.26. The Kier molecular flexibility index (Phi) is 7.49. The molecule has 0 fully saturated rings. The lowest BCUT2D eigenvalue weighted by atomic mass is 9.67. The molecule has 0 amide bonds. The van der Waals surface area contributed by atoms with Crippen molar-refractivity contribution < 1.29 is 17.9 Å². The Bertz CT molecular complexity index is 2580. The van der Waals surface area contributed by atoms with E-state index in [0.717, 1.165) is 87.8 Å². The first-order valence-corrected chi connectivity index (χ1v) is 19.7. The molecule has 2 aliphatic carbocycles. The number of fused-ring (bicyclic) bond motifs is 2. The van der Waals surface area contributed by atoms with Gasteiger partial charge in [0.25, 0.3) is 0 Å². The van der Waals surface area contributed by atoms with Crippen LogP contribution in [0.5, 0.6) is 0 Å². The van der Waals surface area contributed by atoms with Crippen molar-refractivity contribution in [3.05, 3.63) is 136 Å². The van der Waals surface area contributed by atoms with Crippen molar-refractivity contribution in [2.45, 2.75) is 110 Å². The summed E-state index contributed by atoms with van der Waals surface area (Å²) in [5.74, 6) is -0.317. The van der Waals surface area contributed by atoms with Gasteiger partial charge in [-0.3, -0.25) is 0 Å². The summed E-state index contributed by atoms with van der Waals surface area (Å²) in [4.78, 5) is 0. The summed E-state index contributed by atoms with van der Waals surface area (Å²) < 4.78 is 37.7. The van der Waals surface area contributed by atoms with Crippen molar-refractivity contribution >= 4 is 27.1 Å². The van der Waals surface area contributed by atoms with E-state index in [1.807, 2.05) is 12.1 Å². The van der Waals surface area contributed by atoms with E-state index in [2.05, 4.69) is 125 Å². The monoisotopic (exact) mass is 704 g/mol. The van der Waals surface area contributed by atoms with Crippen LogP contribution in [0.25, 0.3) is 49.6 Å². The van der Waals surface area contributed by atoms with Gasteiger partial charge < -0.3 is 0 Å². The Morgan fingerprint density at radius 2 is 1.36 bits per heavy atom. The second-order valence-electron chi connectivity index (χ2n) is 17.0. The maximum Gasteiger partial charge on any atom is 0.222 e. The van der Waals surface area contributed by atoms with Crippen LogP contribution in [0.1, 0.15) is 113 Å². The zero-order chi connectivity index (χ0) is 37.2. The first-order chi connectivity index (χ1) is 25.4. The van der Waals surface area contributed by atoms with Crippen LogP contribution in [0.15, 0.2) is 85.2 Å². The fourth-order valence-electron chi connectivity index (χ4n) is 10.5. The minimum atomic E-state index is -0.547. The van der Waals surface area contributed by atoms with Gasteiger partial charge in [0.05, 0.1) is 21.9 Å². The zero-order valence-corrected chi connectivity index (χ0v) is 32.5. The third-order valence-corrected chi connectivity index (χ3v) is 13.4. The summed E-state index contributed by atoms with van der Waals surface area (Å²) >= 11 is 0. The van der Waals surface area contributed by atoms with Crippen LogP contribution in [0.2, 0.25) is 0 Å². The fourth-order valence-corrected chi connectivity index (χ4v) is 10.5. The van der Waals surface area contributed by atoms with Gasteiger partial charge in [-0.25, -0.2) is 8.78 Å². The normalized spacial score (nSPS) is 16.8. The van der Waals surface area contributed by atoms with Crippen LogP contribution in [0.4, 0.5) is 8.78 Å². The number of pyridine rings is 2. The number of allylic oxidation sites excluding steroid dienone is 2. The predicted octanol–water partition coefficient (Wildman–Crippen LogP) is 11.7. The number of unbranched alkanes of at least 4 members (excludes halogenated alkanes) is 1. The molecule has 0 radical (unpaired) electrons. The van der Waals surface area contributed by atoms with Gasteiger partial charge in [0.1, 0.15) is 11.6 Å². The highest BCUT2D eigenvalue weighted by Crippen LogP contribution is 2.54. The average molecular weight is 705 g/mol. The molecule has 268 valence electrons. The van der Waals surface area contributed by atoms with Crippen LogP contribution in [0.3, 0.4) is 0 Å². The molecule has 0 N–H and O–H groups in total. The Morgan fingerprint density at radius 1 is 0.679 bits per heavy atom. The minimum absolute atomic E-state index is 0.151. The van der Waals surface area contributed by atoms with Gasteiger partial charge in [0, 0.05) is 52.5 Å². The number of hydrogen-bond acceptors (Lipinski definition) is 0. The van der Waals surface area contributed by atoms with Crippen LogP contribution in [0, 0.1) is 18.6 Å². The molecule has 53 heavy (non-hydrogen) atoms. The Balaban J connectivity index is 1.36. The summed E-state index contributed by atoms with van der Waals surface area (Å²) in [5, 5.41) is 4.82. The molecule has 0 saturated carbocycles. The van der Waals surface area contributed by atoms with E-state index < -0.39 is 10.8 Å². The maximum atomic E-state index is 16.7. The number of aryl methyl sites for hydroxylation is 2. The van der Waals surface area contributed by atoms with Crippen molar-refractivity contribution in [3.8, 4) is 22.5 Å². The molecule has 6 aromatic rings. The highest BCUT2D eigenvalue weighted by Gasteiger charge is 2.49. The number of benzene rings is 4. The first-order valence-electron chi connectivity index (χ1n) is 19.7. The second-order valence-corrected chi connectivity index (χ2v) is 17.0. The molecule has 4 aromatic carbocycles. The molecule has 2 aromatic heterocycles. The Labute approximate surface area is 312 Å². The summed E-state index contributed by atoms with van der Waals surface area (Å²) in [5.41, 5.74) is 11.3. The summed E-state index contributed by atoms with van der Waals surface area (Å²) in [6.45, 7) is 18.2. The van der Waals surface area contributed by atoms with E-state index in [0.29, 0.717) is 6.54 Å². The summed E-state index contributed by atoms with van der Waals surface area (Å²) in [7, 11) is 0. The molecular formula is C49H50F2N2+2. The quantitative estimate of drug-likeness (QED) is 0.146. The molecule has 0 bridgehead atoms. The number of rotatable bonds is 7. The predicted molar refractivity (Wildman–Crippen MR) is 213 cm³/mol. The lowest BCUT2D eigenvalue weighted by Crippen LogP contribution is -2.56. The van der Waals surface area contributed by atoms with Crippen LogP contribution < -0.4 is 9.13 Å². The molecule has 1 aliphatic heterocycles. The molecule has 0 unspecified atom stereocenters. The van der Waals surface area contributed by atoms with Crippen molar-refractivity contribution in [2.75, 3.05) is 0 Å². The second kappa shape index (κ2) is 11.6. The molecule has 9 rings (SSSR count). The van der Waals surface area contributed by atoms with Crippen molar-refractivity contribution in [2.24, 2.45) is 0 Å². The lowest BCUT2D eigenvalue weighted by molar-refractivity contribution is -0.743. The molecule has 4 heteroatoms. The molecule has 0 atom stereocenters. The van der Waals surface area contributed by atoms with Crippen molar-refractivity contribution in [3.63, 3.8) is 0 Å². The van der Waals surface area contributed by atoms with E-state index in [4.69, 9.17) is 0 Å². The van der Waals surface area contributed by atoms with Gasteiger partial charge >= 0.3 is 0 Å². The molecule has 0 saturated heterocycles. The molecule has 3 aliphatic rings. The smallest absolute Gasteiger partial charge is 0.207 e. The number of aromatic nitrogens is 2. The van der Waals surface area contributed by atoms with Gasteiger partial charge in [-0.15, -0.1) is 0 Å². The Morgan fingerprint density at radius 3 is 2.09 bits per heavy atom. The largest absolute Gasteiger partial charge is 0.222 e. The zero-order valence-electron chi connectivity index (χ0n) is 32.5. The van der Waals surface area contributed by atoms with Gasteiger partial charge in [0.15, 0.2) is 24.5 Å². The van der Waals surface area contributed by atoms with Crippen molar-refractivity contribution in [1.29, 1.82) is 0 Å². The van der Waals surface area contributed by atoms with Crippen molar-refractivity contribution in [1.82, 2.24) is 0 Å². The molecule has 2 nitrogen and oxygen atoms in total. The van der Waals surface area contributed by atoms with Crippen LogP contribution in [-0.4, -0.2) is 0 Å². The SMILES string of the molecule is CCCCc1cc2c3c4[n+](ccc3c1)C(CC)(CC)C=C(C[n+]1ccc3cccc5c3c1-c1c(C)ccc(F)c1C5(C)C)c1ccc(F)c(c1-4)C2(C)C. The van der Waals surface area contributed by atoms with Gasteiger partial charge in [-0.2, -0.15) is 9.13 Å². The molecule has 0 spiro atoms. The standard InChI is InChI=1S/C49H50F2N2/c1-9-12-14-30-25-32-22-24-53-46-41(32)36(26-30)48(7,8)44-38(51)20-18-34(42(44)46)33(27-49(53,10-2)11-3)28-52-23-21-31-15-13-16-35-40(31)45(52)39-29(4)17-19-37(50)43(39)47(35,5)6/h13,15-27H,9-12,14,28H2,1-8H3/q+2. The van der Waals surface area contributed by atoms with Gasteiger partial charge in [-0.1, -0.05) is 97.4 Å². The number of hydrogen-bond donors (Lipinski definition) is 0. The summed E-state index contributed by atoms with van der Waals surface area (Å²) in [6.07, 6.45) is 12.0. The van der Waals surface area contributed by atoms with E-state index in [1.165, 1.54) is 32.9 Å². The van der Waals surface area contributed by atoms with Gasteiger partial charge in [0.2, 0.25) is 11.4 Å². The first kappa shape index (κ1) is 34.1. The van der Waals surface area contributed by atoms with E-state index in [9.17, 15) is 0 Å². The van der Waals surface area contributed by atoms with Gasteiger partial charge in [-0.05, 0) is 76.6 Å². The molecular weight excluding hydrogens is 655 g/mol. The van der Waals surface area contributed by atoms with E-state index >= 15 is 8.78 Å². The third-order valence-electron chi connectivity index (χ3n) is 13.4. The van der Waals surface area contributed by atoms with Crippen LogP contribution >= 0.6 is 0 Å². The molecule has 3 heterocycles. The Hall–Kier alpha value is -4.70. The van der Waals surface area contributed by atoms with Crippen LogP contribution in [-0.2, 0) is 29.3 Å². The third kappa shape index (κ3) is 4.53. The summed E-state index contributed by atoms with van der Waals surface area (Å²) in [6, 6.07) is 23.0. The van der Waals surface area contributed by atoms with E-state index in [-0.39, 0.29) is 17.2 Å². The topological polar surface area (TPSA) is 7.76 Å². The fraction of sp³-hybridized carbons (Fsp3) is 0.347.